The monoisotopic (exact) mass is 244 g/mol. The van der Waals surface area contributed by atoms with Gasteiger partial charge in [0.2, 0.25) is 5.91 Å². The molecule has 1 fully saturated rings. The average Bonchev–Trinajstić information content (AvgIpc) is 2.38. The van der Waals surface area contributed by atoms with Gasteiger partial charge >= 0.3 is 0 Å². The molecule has 0 radical (unpaired) electrons. The molecule has 0 heterocycles. The number of nitrogens with zero attached hydrogens (tertiary/aromatic N) is 1. The van der Waals surface area contributed by atoms with E-state index in [1.54, 1.807) is 0 Å². The highest BCUT2D eigenvalue weighted by Crippen LogP contribution is 2.20. The van der Waals surface area contributed by atoms with Gasteiger partial charge in [-0.3, -0.25) is 4.79 Å². The zero-order chi connectivity index (χ0) is 12.8. The molecule has 1 saturated carbocycles. The maximum Gasteiger partial charge on any atom is 0.244 e. The van der Waals surface area contributed by atoms with Crippen molar-refractivity contribution in [1.29, 1.82) is 0 Å². The molecule has 1 amide bonds. The van der Waals surface area contributed by atoms with Crippen LogP contribution in [0.5, 0.6) is 0 Å². The van der Waals surface area contributed by atoms with E-state index in [4.69, 9.17) is 0 Å². The van der Waals surface area contributed by atoms with Gasteiger partial charge < -0.3 is 0 Å². The Bertz CT molecular complexity index is 425. The molecule has 0 aliphatic heterocycles. The molecule has 1 aliphatic rings. The van der Waals surface area contributed by atoms with Crippen LogP contribution in [0.1, 0.15) is 38.2 Å². The highest BCUT2D eigenvalue weighted by Gasteiger charge is 2.14. The van der Waals surface area contributed by atoms with Crippen LogP contribution in [0.25, 0.3) is 0 Å². The van der Waals surface area contributed by atoms with Crippen LogP contribution >= 0.6 is 0 Å². The van der Waals surface area contributed by atoms with Crippen molar-refractivity contribution < 1.29 is 4.79 Å². The fraction of sp³-hybridized carbons (Fsp3) is 0.467. The van der Waals surface area contributed by atoms with Crippen LogP contribution in [-0.2, 0) is 11.2 Å². The van der Waals surface area contributed by atoms with E-state index in [2.05, 4.69) is 17.5 Å². The summed E-state index contributed by atoms with van der Waals surface area (Å²) >= 11 is 0. The van der Waals surface area contributed by atoms with Crippen molar-refractivity contribution in [2.75, 3.05) is 0 Å². The third-order valence-corrected chi connectivity index (χ3v) is 3.29. The Morgan fingerprint density at radius 3 is 2.89 bits per heavy atom. The van der Waals surface area contributed by atoms with E-state index in [-0.39, 0.29) is 5.91 Å². The third kappa shape index (κ3) is 3.99. The first-order valence-electron chi connectivity index (χ1n) is 6.62. The number of hydrogen-bond donors (Lipinski definition) is 1. The minimum Gasteiger partial charge on any atom is -0.273 e. The van der Waals surface area contributed by atoms with E-state index >= 15 is 0 Å². The molecule has 1 atom stereocenters. The first-order chi connectivity index (χ1) is 8.74. The molecule has 1 aromatic carbocycles. The second-order valence-corrected chi connectivity index (χ2v) is 5.08. The SMILES string of the molecule is C[C@H]1CCC/C(=N\NC(=O)Cc2ccccc2)C1. The van der Waals surface area contributed by atoms with Crippen molar-refractivity contribution in [2.45, 2.75) is 39.0 Å². The van der Waals surface area contributed by atoms with E-state index in [1.165, 1.54) is 12.8 Å². The molecule has 18 heavy (non-hydrogen) atoms. The number of benzene rings is 1. The van der Waals surface area contributed by atoms with Crippen LogP contribution in [0.15, 0.2) is 35.4 Å². The predicted octanol–water partition coefficient (Wildman–Crippen LogP) is 2.91. The van der Waals surface area contributed by atoms with Crippen LogP contribution < -0.4 is 5.43 Å². The molecule has 1 aliphatic carbocycles. The van der Waals surface area contributed by atoms with Gasteiger partial charge in [-0.2, -0.15) is 5.10 Å². The lowest BCUT2D eigenvalue weighted by molar-refractivity contribution is -0.120. The molecule has 0 unspecified atom stereocenters. The molecule has 0 bridgehead atoms. The van der Waals surface area contributed by atoms with Crippen LogP contribution in [0.2, 0.25) is 0 Å². The van der Waals surface area contributed by atoms with Crippen molar-refractivity contribution in [3.63, 3.8) is 0 Å². The van der Waals surface area contributed by atoms with E-state index in [1.807, 2.05) is 30.3 Å². The first kappa shape index (κ1) is 12.8. The van der Waals surface area contributed by atoms with Crippen LogP contribution in [0, 0.1) is 5.92 Å². The van der Waals surface area contributed by atoms with Crippen molar-refractivity contribution in [1.82, 2.24) is 5.43 Å². The van der Waals surface area contributed by atoms with Gasteiger partial charge in [0.15, 0.2) is 0 Å². The van der Waals surface area contributed by atoms with Crippen molar-refractivity contribution >= 4 is 11.6 Å². The maximum atomic E-state index is 11.7. The smallest absolute Gasteiger partial charge is 0.244 e. The molecule has 0 spiro atoms. The van der Waals surface area contributed by atoms with E-state index < -0.39 is 0 Å². The van der Waals surface area contributed by atoms with Gasteiger partial charge in [0.1, 0.15) is 0 Å². The number of hydrazone groups is 1. The Labute approximate surface area is 108 Å². The van der Waals surface area contributed by atoms with E-state index in [0.29, 0.717) is 12.3 Å². The molecular formula is C15H20N2O. The zero-order valence-corrected chi connectivity index (χ0v) is 10.9. The summed E-state index contributed by atoms with van der Waals surface area (Å²) in [6.45, 7) is 2.24. The first-order valence-corrected chi connectivity index (χ1v) is 6.62. The summed E-state index contributed by atoms with van der Waals surface area (Å²) in [6, 6.07) is 9.74. The summed E-state index contributed by atoms with van der Waals surface area (Å²) in [4.78, 5) is 11.7. The number of rotatable bonds is 3. The molecule has 1 aromatic rings. The summed E-state index contributed by atoms with van der Waals surface area (Å²) in [7, 11) is 0. The lowest BCUT2D eigenvalue weighted by Crippen LogP contribution is -2.23. The second-order valence-electron chi connectivity index (χ2n) is 5.08. The fourth-order valence-corrected chi connectivity index (χ4v) is 2.32. The van der Waals surface area contributed by atoms with Gasteiger partial charge in [0, 0.05) is 5.71 Å². The summed E-state index contributed by atoms with van der Waals surface area (Å²) in [5.74, 6) is 0.662. The minimum atomic E-state index is -0.0353. The molecular weight excluding hydrogens is 224 g/mol. The molecule has 96 valence electrons. The maximum absolute atomic E-state index is 11.7. The van der Waals surface area contributed by atoms with E-state index in [9.17, 15) is 4.79 Å². The number of amides is 1. The molecule has 3 nitrogen and oxygen atoms in total. The lowest BCUT2D eigenvalue weighted by atomic mass is 9.89. The van der Waals surface area contributed by atoms with Gasteiger partial charge in [-0.25, -0.2) is 5.43 Å². The Morgan fingerprint density at radius 2 is 2.17 bits per heavy atom. The largest absolute Gasteiger partial charge is 0.273 e. The molecule has 0 aromatic heterocycles. The zero-order valence-electron chi connectivity index (χ0n) is 10.9. The number of carbonyl (C=O) groups excluding carboxylic acids is 1. The Hall–Kier alpha value is -1.64. The Kier molecular flexibility index (Phi) is 4.51. The number of carbonyl (C=O) groups is 1. The molecule has 2 rings (SSSR count). The highest BCUT2D eigenvalue weighted by atomic mass is 16.2. The standard InChI is InChI=1S/C15H20N2O/c1-12-6-5-9-14(10-12)16-17-15(18)11-13-7-3-2-4-8-13/h2-4,7-8,12H,5-6,9-11H2,1H3,(H,17,18)/b16-14+/t12-/m0/s1. The molecule has 1 N–H and O–H groups in total. The quantitative estimate of drug-likeness (QED) is 0.816. The van der Waals surface area contributed by atoms with Gasteiger partial charge in [-0.05, 0) is 37.2 Å². The molecule has 0 saturated heterocycles. The minimum absolute atomic E-state index is 0.0353. The van der Waals surface area contributed by atoms with Crippen molar-refractivity contribution in [3.05, 3.63) is 35.9 Å². The van der Waals surface area contributed by atoms with Crippen LogP contribution in [0.3, 0.4) is 0 Å². The third-order valence-electron chi connectivity index (χ3n) is 3.29. The number of nitrogens with one attached hydrogen (secondary N) is 1. The average molecular weight is 244 g/mol. The summed E-state index contributed by atoms with van der Waals surface area (Å²) in [5, 5.41) is 4.25. The summed E-state index contributed by atoms with van der Waals surface area (Å²) in [6.07, 6.45) is 4.90. The van der Waals surface area contributed by atoms with E-state index in [0.717, 1.165) is 24.1 Å². The van der Waals surface area contributed by atoms with Gasteiger partial charge in [-0.15, -0.1) is 0 Å². The summed E-state index contributed by atoms with van der Waals surface area (Å²) < 4.78 is 0. The van der Waals surface area contributed by atoms with Crippen molar-refractivity contribution in [2.24, 2.45) is 11.0 Å². The lowest BCUT2D eigenvalue weighted by Gasteiger charge is -2.18. The Morgan fingerprint density at radius 1 is 1.39 bits per heavy atom. The summed E-state index contributed by atoms with van der Waals surface area (Å²) in [5.41, 5.74) is 4.83. The Balaban J connectivity index is 1.83. The topological polar surface area (TPSA) is 41.5 Å². The van der Waals surface area contributed by atoms with Gasteiger partial charge in [0.05, 0.1) is 6.42 Å². The van der Waals surface area contributed by atoms with Crippen LogP contribution in [0.4, 0.5) is 0 Å². The van der Waals surface area contributed by atoms with Crippen molar-refractivity contribution in [3.8, 4) is 0 Å². The number of hydrogen-bond acceptors (Lipinski definition) is 2. The molecule has 3 heteroatoms. The second kappa shape index (κ2) is 6.34. The fourth-order valence-electron chi connectivity index (χ4n) is 2.32. The highest BCUT2D eigenvalue weighted by molar-refractivity contribution is 5.87. The van der Waals surface area contributed by atoms with Crippen LogP contribution in [-0.4, -0.2) is 11.6 Å². The predicted molar refractivity (Wildman–Crippen MR) is 73.4 cm³/mol. The van der Waals surface area contributed by atoms with Gasteiger partial charge in [-0.1, -0.05) is 37.3 Å². The van der Waals surface area contributed by atoms with Gasteiger partial charge in [0.25, 0.3) is 0 Å². The normalized spacial score (nSPS) is 21.8.